The molecule has 1 aliphatic rings. The molecular weight excluding hydrogens is 300 g/mol. The maximum Gasteiger partial charge on any atom is 0.262 e. The van der Waals surface area contributed by atoms with Gasteiger partial charge in [-0.15, -0.1) is 0 Å². The fourth-order valence-electron chi connectivity index (χ4n) is 2.71. The highest BCUT2D eigenvalue weighted by atomic mass is 35.5. The molecule has 0 radical (unpaired) electrons. The van der Waals surface area contributed by atoms with Gasteiger partial charge in [0, 0.05) is 5.02 Å². The largest absolute Gasteiger partial charge is 0.481 e. The molecule has 1 aromatic carbocycles. The second-order valence-corrected chi connectivity index (χ2v) is 6.32. The Hall–Kier alpha value is -1.73. The summed E-state index contributed by atoms with van der Waals surface area (Å²) in [6, 6.07) is 7.56. The molecule has 0 bridgehead atoms. The van der Waals surface area contributed by atoms with Crippen LogP contribution in [0.1, 0.15) is 44.6 Å². The zero-order valence-corrected chi connectivity index (χ0v) is 13.7. The highest BCUT2D eigenvalue weighted by Gasteiger charge is 2.35. The first-order valence-corrected chi connectivity index (χ1v) is 8.00. The third-order valence-electron chi connectivity index (χ3n) is 4.10. The van der Waals surface area contributed by atoms with Crippen LogP contribution in [0.15, 0.2) is 18.2 Å². The van der Waals surface area contributed by atoms with Gasteiger partial charge in [0.15, 0.2) is 6.10 Å². The lowest BCUT2D eigenvalue weighted by Crippen LogP contribution is -2.52. The maximum atomic E-state index is 12.3. The van der Waals surface area contributed by atoms with Gasteiger partial charge in [0.2, 0.25) is 0 Å². The van der Waals surface area contributed by atoms with Crippen LogP contribution in [0.2, 0.25) is 5.02 Å². The lowest BCUT2D eigenvalue weighted by Gasteiger charge is -2.32. The summed E-state index contributed by atoms with van der Waals surface area (Å²) < 4.78 is 5.66. The van der Waals surface area contributed by atoms with Gasteiger partial charge in [-0.2, -0.15) is 5.26 Å². The number of nitrogens with one attached hydrogen (secondary N) is 1. The molecule has 1 amide bonds. The Kier molecular flexibility index (Phi) is 5.31. The Morgan fingerprint density at radius 2 is 2.09 bits per heavy atom. The molecule has 22 heavy (non-hydrogen) atoms. The molecular formula is C17H21ClN2O2. The Morgan fingerprint density at radius 1 is 1.41 bits per heavy atom. The fourth-order valence-corrected chi connectivity index (χ4v) is 2.82. The van der Waals surface area contributed by atoms with Crippen molar-refractivity contribution in [1.29, 1.82) is 5.26 Å². The van der Waals surface area contributed by atoms with E-state index in [1.165, 1.54) is 0 Å². The number of carbonyl (C=O) groups excluding carboxylic acids is 1. The summed E-state index contributed by atoms with van der Waals surface area (Å²) >= 11 is 5.97. The Balaban J connectivity index is 1.99. The zero-order chi connectivity index (χ0) is 16.2. The van der Waals surface area contributed by atoms with Crippen molar-refractivity contribution >= 4 is 17.5 Å². The molecule has 0 heterocycles. The van der Waals surface area contributed by atoms with Crippen LogP contribution in [0.5, 0.6) is 5.75 Å². The number of amides is 1. The highest BCUT2D eigenvalue weighted by molar-refractivity contribution is 6.31. The quantitative estimate of drug-likeness (QED) is 0.918. The van der Waals surface area contributed by atoms with Gasteiger partial charge in [-0.3, -0.25) is 4.79 Å². The molecule has 0 aliphatic heterocycles. The topological polar surface area (TPSA) is 62.1 Å². The van der Waals surface area contributed by atoms with E-state index in [1.807, 2.05) is 6.92 Å². The van der Waals surface area contributed by atoms with Crippen molar-refractivity contribution in [3.8, 4) is 11.8 Å². The summed E-state index contributed by atoms with van der Waals surface area (Å²) in [7, 11) is 0. The molecule has 2 rings (SSSR count). The maximum absolute atomic E-state index is 12.3. The van der Waals surface area contributed by atoms with E-state index in [9.17, 15) is 10.1 Å². The van der Waals surface area contributed by atoms with Crippen LogP contribution in [0, 0.1) is 18.3 Å². The number of aryl methyl sites for hydroxylation is 1. The van der Waals surface area contributed by atoms with E-state index < -0.39 is 11.6 Å². The Morgan fingerprint density at radius 3 is 2.68 bits per heavy atom. The normalized spacial score (nSPS) is 18.1. The van der Waals surface area contributed by atoms with Gasteiger partial charge in [0.05, 0.1) is 6.07 Å². The molecule has 118 valence electrons. The van der Waals surface area contributed by atoms with E-state index in [4.69, 9.17) is 16.3 Å². The number of halogens is 1. The number of rotatable bonds is 4. The van der Waals surface area contributed by atoms with Crippen molar-refractivity contribution in [3.05, 3.63) is 28.8 Å². The predicted octanol–water partition coefficient (Wildman–Crippen LogP) is 3.76. The van der Waals surface area contributed by atoms with Crippen LogP contribution in [0.4, 0.5) is 0 Å². The van der Waals surface area contributed by atoms with Gasteiger partial charge < -0.3 is 10.1 Å². The van der Waals surface area contributed by atoms with Gasteiger partial charge in [0.1, 0.15) is 11.3 Å². The van der Waals surface area contributed by atoms with E-state index in [1.54, 1.807) is 25.1 Å². The number of nitriles is 1. The Labute approximate surface area is 136 Å². The van der Waals surface area contributed by atoms with Gasteiger partial charge in [-0.1, -0.05) is 30.9 Å². The lowest BCUT2D eigenvalue weighted by atomic mass is 9.83. The number of hydrogen-bond donors (Lipinski definition) is 1. The monoisotopic (exact) mass is 320 g/mol. The van der Waals surface area contributed by atoms with Crippen molar-refractivity contribution in [3.63, 3.8) is 0 Å². The van der Waals surface area contributed by atoms with Crippen molar-refractivity contribution < 1.29 is 9.53 Å². The molecule has 1 aliphatic carbocycles. The molecule has 0 saturated heterocycles. The molecule has 1 saturated carbocycles. The molecule has 1 aromatic rings. The number of hydrogen-bond acceptors (Lipinski definition) is 3. The summed E-state index contributed by atoms with van der Waals surface area (Å²) in [5, 5.41) is 12.9. The first-order valence-electron chi connectivity index (χ1n) is 7.62. The van der Waals surface area contributed by atoms with Crippen molar-refractivity contribution in [1.82, 2.24) is 5.32 Å². The predicted molar refractivity (Wildman–Crippen MR) is 85.9 cm³/mol. The summed E-state index contributed by atoms with van der Waals surface area (Å²) in [4.78, 5) is 12.3. The second kappa shape index (κ2) is 7.02. The van der Waals surface area contributed by atoms with Crippen molar-refractivity contribution in [2.75, 3.05) is 0 Å². The molecule has 0 spiro atoms. The second-order valence-electron chi connectivity index (χ2n) is 5.91. The highest BCUT2D eigenvalue weighted by Crippen LogP contribution is 2.28. The Bertz CT molecular complexity index is 589. The third-order valence-corrected chi connectivity index (χ3v) is 4.52. The molecule has 4 nitrogen and oxygen atoms in total. The number of benzene rings is 1. The lowest BCUT2D eigenvalue weighted by molar-refractivity contribution is -0.129. The number of carbonyl (C=O) groups is 1. The molecule has 1 atom stereocenters. The average Bonchev–Trinajstić information content (AvgIpc) is 2.51. The van der Waals surface area contributed by atoms with Gasteiger partial charge in [-0.05, 0) is 50.5 Å². The number of nitrogens with zero attached hydrogens (tertiary/aromatic N) is 1. The molecule has 5 heteroatoms. The average molecular weight is 321 g/mol. The van der Waals surface area contributed by atoms with Crippen LogP contribution in [-0.4, -0.2) is 17.6 Å². The van der Waals surface area contributed by atoms with Crippen LogP contribution in [-0.2, 0) is 4.79 Å². The van der Waals surface area contributed by atoms with Crippen LogP contribution in [0.3, 0.4) is 0 Å². The minimum absolute atomic E-state index is 0.254. The first-order chi connectivity index (χ1) is 10.5. The van der Waals surface area contributed by atoms with Gasteiger partial charge in [0.25, 0.3) is 5.91 Å². The summed E-state index contributed by atoms with van der Waals surface area (Å²) in [6.07, 6.45) is 3.82. The minimum atomic E-state index is -0.733. The first kappa shape index (κ1) is 16.6. The summed E-state index contributed by atoms with van der Waals surface area (Å²) in [5.74, 6) is 0.343. The van der Waals surface area contributed by atoms with Gasteiger partial charge in [-0.25, -0.2) is 0 Å². The standard InChI is InChI=1S/C17H21ClN2O2/c1-12-10-14(6-7-15(12)18)22-13(2)16(21)20-17(11-19)8-4-3-5-9-17/h6-7,10,13H,3-5,8-9H2,1-2H3,(H,20,21)/t13-/m1/s1. The van der Waals surface area contributed by atoms with E-state index in [2.05, 4.69) is 11.4 Å². The smallest absolute Gasteiger partial charge is 0.262 e. The van der Waals surface area contributed by atoms with E-state index >= 15 is 0 Å². The van der Waals surface area contributed by atoms with Crippen LogP contribution in [0.25, 0.3) is 0 Å². The molecule has 0 unspecified atom stereocenters. The molecule has 1 fully saturated rings. The fraction of sp³-hybridized carbons (Fsp3) is 0.529. The SMILES string of the molecule is Cc1cc(O[C@H](C)C(=O)NC2(C#N)CCCCC2)ccc1Cl. The molecule has 1 N–H and O–H groups in total. The minimum Gasteiger partial charge on any atom is -0.481 e. The van der Waals surface area contributed by atoms with E-state index in [0.717, 1.165) is 24.8 Å². The number of ether oxygens (including phenoxy) is 1. The van der Waals surface area contributed by atoms with Crippen molar-refractivity contribution in [2.45, 2.75) is 57.6 Å². The molecule has 0 aromatic heterocycles. The van der Waals surface area contributed by atoms with Crippen LogP contribution < -0.4 is 10.1 Å². The van der Waals surface area contributed by atoms with Gasteiger partial charge >= 0.3 is 0 Å². The van der Waals surface area contributed by atoms with Crippen LogP contribution >= 0.6 is 11.6 Å². The summed E-state index contributed by atoms with van der Waals surface area (Å²) in [5.41, 5.74) is 0.163. The zero-order valence-electron chi connectivity index (χ0n) is 13.0. The van der Waals surface area contributed by atoms with Crippen molar-refractivity contribution in [2.24, 2.45) is 0 Å². The third kappa shape index (κ3) is 3.92. The van der Waals surface area contributed by atoms with E-state index in [0.29, 0.717) is 23.6 Å². The summed E-state index contributed by atoms with van der Waals surface area (Å²) in [6.45, 7) is 3.57. The van der Waals surface area contributed by atoms with E-state index in [-0.39, 0.29) is 5.91 Å².